The number of aromatic nitrogens is 2. The second kappa shape index (κ2) is 11.9. The van der Waals surface area contributed by atoms with Crippen LogP contribution in [0.25, 0.3) is 10.9 Å². The molecule has 29 heavy (non-hydrogen) atoms. The number of para-hydroxylation sites is 1. The fraction of sp³-hybridized carbons (Fsp3) is 0.636. The summed E-state index contributed by atoms with van der Waals surface area (Å²) in [4.78, 5) is 12.1. The van der Waals surface area contributed by atoms with Crippen LogP contribution in [0, 0.1) is 5.92 Å². The molecule has 2 aromatic rings. The summed E-state index contributed by atoms with van der Waals surface area (Å²) in [5.74, 6) is 2.64. The van der Waals surface area contributed by atoms with E-state index in [0.29, 0.717) is 6.54 Å². The largest absolute Gasteiger partial charge is 0.369 e. The van der Waals surface area contributed by atoms with Crippen molar-refractivity contribution in [1.82, 2.24) is 14.9 Å². The van der Waals surface area contributed by atoms with Crippen molar-refractivity contribution in [1.29, 1.82) is 0 Å². The second-order valence-electron chi connectivity index (χ2n) is 8.18. The fourth-order valence-electron chi connectivity index (χ4n) is 4.77. The minimum absolute atomic E-state index is 0. The molecular weight excluding hydrogens is 405 g/mol. The number of nitrogens with two attached hydrogens (primary N) is 1. The van der Waals surface area contributed by atoms with E-state index in [-0.39, 0.29) is 24.8 Å². The van der Waals surface area contributed by atoms with E-state index in [9.17, 15) is 0 Å². The van der Waals surface area contributed by atoms with Crippen molar-refractivity contribution in [3.8, 4) is 0 Å². The highest BCUT2D eigenvalue weighted by atomic mass is 35.5. The molecule has 1 saturated carbocycles. The Balaban J connectivity index is 0.00000150. The van der Waals surface area contributed by atoms with Gasteiger partial charge < -0.3 is 16.0 Å². The summed E-state index contributed by atoms with van der Waals surface area (Å²) in [6, 6.07) is 9.13. The van der Waals surface area contributed by atoms with E-state index in [1.807, 2.05) is 6.07 Å². The minimum Gasteiger partial charge on any atom is -0.369 e. The molecule has 1 aliphatic carbocycles. The molecule has 0 bridgehead atoms. The Bertz CT molecular complexity index is 743. The van der Waals surface area contributed by atoms with Crippen LogP contribution < -0.4 is 11.1 Å². The third-order valence-corrected chi connectivity index (χ3v) is 6.35. The van der Waals surface area contributed by atoms with E-state index in [0.717, 1.165) is 47.5 Å². The Morgan fingerprint density at radius 3 is 2.45 bits per heavy atom. The predicted molar refractivity (Wildman–Crippen MR) is 126 cm³/mol. The van der Waals surface area contributed by atoms with Crippen molar-refractivity contribution in [3.63, 3.8) is 0 Å². The van der Waals surface area contributed by atoms with Gasteiger partial charge in [0.05, 0.1) is 5.52 Å². The molecule has 0 amide bonds. The van der Waals surface area contributed by atoms with Crippen molar-refractivity contribution in [2.24, 2.45) is 11.7 Å². The second-order valence-corrected chi connectivity index (χ2v) is 8.18. The molecule has 1 aromatic carbocycles. The zero-order valence-electron chi connectivity index (χ0n) is 17.2. The van der Waals surface area contributed by atoms with Crippen LogP contribution in [0.2, 0.25) is 0 Å². The van der Waals surface area contributed by atoms with Crippen LogP contribution in [0.3, 0.4) is 0 Å². The predicted octanol–water partition coefficient (Wildman–Crippen LogP) is 4.43. The Labute approximate surface area is 187 Å². The zero-order chi connectivity index (χ0) is 18.5. The number of piperidine rings is 1. The highest BCUT2D eigenvalue weighted by Gasteiger charge is 2.26. The van der Waals surface area contributed by atoms with E-state index in [1.54, 1.807) is 0 Å². The van der Waals surface area contributed by atoms with Gasteiger partial charge in [-0.3, -0.25) is 0 Å². The number of hydrogen-bond donors (Lipinski definition) is 2. The van der Waals surface area contributed by atoms with Crippen LogP contribution >= 0.6 is 24.8 Å². The van der Waals surface area contributed by atoms with Gasteiger partial charge in [-0.2, -0.15) is 0 Å². The van der Waals surface area contributed by atoms with Gasteiger partial charge in [-0.05, 0) is 69.8 Å². The van der Waals surface area contributed by atoms with Crippen LogP contribution in [-0.4, -0.2) is 47.1 Å². The van der Waals surface area contributed by atoms with Crippen LogP contribution in [0.1, 0.15) is 50.8 Å². The molecule has 2 aliphatic rings. The monoisotopic (exact) mass is 439 g/mol. The van der Waals surface area contributed by atoms with Gasteiger partial charge in [-0.15, -0.1) is 24.8 Å². The summed E-state index contributed by atoms with van der Waals surface area (Å²) in [6.07, 6.45) is 10.4. The minimum atomic E-state index is 0. The third kappa shape index (κ3) is 6.17. The van der Waals surface area contributed by atoms with Gasteiger partial charge in [0.25, 0.3) is 0 Å². The van der Waals surface area contributed by atoms with Crippen LogP contribution in [0.5, 0.6) is 0 Å². The van der Waals surface area contributed by atoms with Crippen molar-refractivity contribution in [2.45, 2.75) is 57.4 Å². The normalized spacial score (nSPS) is 18.4. The Hall–Kier alpha value is -1.14. The highest BCUT2D eigenvalue weighted by molar-refractivity contribution is 5.89. The lowest BCUT2D eigenvalue weighted by atomic mass is 9.92. The van der Waals surface area contributed by atoms with Crippen LogP contribution in [0.4, 0.5) is 5.82 Å². The summed E-state index contributed by atoms with van der Waals surface area (Å²) in [7, 11) is 0. The van der Waals surface area contributed by atoms with Gasteiger partial charge in [0, 0.05) is 24.4 Å². The maximum atomic E-state index is 5.70. The number of nitrogens with zero attached hydrogens (tertiary/aromatic N) is 3. The molecule has 1 saturated heterocycles. The first kappa shape index (κ1) is 24.1. The summed E-state index contributed by atoms with van der Waals surface area (Å²) in [5.41, 5.74) is 6.71. The number of hydrogen-bond acceptors (Lipinski definition) is 5. The topological polar surface area (TPSA) is 67.1 Å². The first-order chi connectivity index (χ1) is 13.3. The fourth-order valence-corrected chi connectivity index (χ4v) is 4.77. The van der Waals surface area contributed by atoms with E-state index in [2.05, 4.69) is 33.4 Å². The van der Waals surface area contributed by atoms with E-state index in [4.69, 9.17) is 10.7 Å². The van der Waals surface area contributed by atoms with Crippen molar-refractivity contribution >= 4 is 41.5 Å². The summed E-state index contributed by atoms with van der Waals surface area (Å²) in [5, 5.41) is 4.70. The SMILES string of the molecule is Cl.Cl.NCCc1nc(NCCC2CCN(C3CCCC3)CC2)c2ccccc2n1. The van der Waals surface area contributed by atoms with E-state index < -0.39 is 0 Å². The molecule has 7 heteroatoms. The summed E-state index contributed by atoms with van der Waals surface area (Å²) < 4.78 is 0. The number of rotatable bonds is 7. The Morgan fingerprint density at radius 1 is 1.00 bits per heavy atom. The van der Waals surface area contributed by atoms with Crippen LogP contribution in [0.15, 0.2) is 24.3 Å². The molecule has 3 N–H and O–H groups in total. The first-order valence-electron chi connectivity index (χ1n) is 10.8. The Kier molecular flexibility index (Phi) is 9.90. The maximum absolute atomic E-state index is 5.70. The van der Waals surface area contributed by atoms with E-state index in [1.165, 1.54) is 58.0 Å². The number of benzene rings is 1. The maximum Gasteiger partial charge on any atom is 0.137 e. The molecule has 0 spiro atoms. The van der Waals surface area contributed by atoms with Crippen molar-refractivity contribution < 1.29 is 0 Å². The highest BCUT2D eigenvalue weighted by Crippen LogP contribution is 2.29. The lowest BCUT2D eigenvalue weighted by Gasteiger charge is -2.36. The lowest BCUT2D eigenvalue weighted by Crippen LogP contribution is -2.40. The average molecular weight is 440 g/mol. The molecule has 2 fully saturated rings. The molecule has 4 rings (SSSR count). The molecule has 1 aromatic heterocycles. The number of fused-ring (bicyclic) bond motifs is 1. The van der Waals surface area contributed by atoms with Gasteiger partial charge in [0.15, 0.2) is 0 Å². The lowest BCUT2D eigenvalue weighted by molar-refractivity contribution is 0.132. The molecule has 1 aliphatic heterocycles. The molecule has 5 nitrogen and oxygen atoms in total. The summed E-state index contributed by atoms with van der Waals surface area (Å²) in [6.45, 7) is 4.16. The van der Waals surface area contributed by atoms with Crippen LogP contribution in [-0.2, 0) is 6.42 Å². The van der Waals surface area contributed by atoms with E-state index >= 15 is 0 Å². The Morgan fingerprint density at radius 2 is 1.72 bits per heavy atom. The quantitative estimate of drug-likeness (QED) is 0.667. The number of likely N-dealkylation sites (tertiary alicyclic amines) is 1. The van der Waals surface area contributed by atoms with Gasteiger partial charge in [-0.25, -0.2) is 9.97 Å². The molecule has 0 atom stereocenters. The summed E-state index contributed by atoms with van der Waals surface area (Å²) >= 11 is 0. The number of halogens is 2. The van der Waals surface area contributed by atoms with Gasteiger partial charge in [0.2, 0.25) is 0 Å². The molecule has 162 valence electrons. The molecule has 0 unspecified atom stereocenters. The van der Waals surface area contributed by atoms with Gasteiger partial charge >= 0.3 is 0 Å². The smallest absolute Gasteiger partial charge is 0.137 e. The molecular formula is C22H35Cl2N5. The third-order valence-electron chi connectivity index (χ3n) is 6.35. The zero-order valence-corrected chi connectivity index (χ0v) is 18.8. The molecule has 2 heterocycles. The first-order valence-corrected chi connectivity index (χ1v) is 10.8. The number of anilines is 1. The molecule has 0 radical (unpaired) electrons. The van der Waals surface area contributed by atoms with Gasteiger partial charge in [-0.1, -0.05) is 25.0 Å². The van der Waals surface area contributed by atoms with Gasteiger partial charge in [0.1, 0.15) is 11.6 Å². The average Bonchev–Trinajstić information content (AvgIpc) is 3.24. The van der Waals surface area contributed by atoms with Crippen molar-refractivity contribution in [2.75, 3.05) is 31.5 Å². The van der Waals surface area contributed by atoms with Crippen molar-refractivity contribution in [3.05, 3.63) is 30.1 Å². The standard InChI is InChI=1S/C22H33N5.2ClH/c23-13-9-21-25-20-8-4-3-7-19(20)22(26-21)24-14-10-17-11-15-27(16-12-17)18-5-1-2-6-18;;/h3-4,7-8,17-18H,1-2,5-6,9-16,23H2,(H,24,25,26);2*1H. The number of nitrogens with one attached hydrogen (secondary N) is 1.